The number of aryl methyl sites for hydroxylation is 1. The number of amides is 1. The van der Waals surface area contributed by atoms with E-state index in [-0.39, 0.29) is 5.91 Å². The molecule has 1 fully saturated rings. The van der Waals surface area contributed by atoms with Crippen molar-refractivity contribution < 1.29 is 4.79 Å². The van der Waals surface area contributed by atoms with Crippen molar-refractivity contribution in [3.8, 4) is 0 Å². The lowest BCUT2D eigenvalue weighted by Crippen LogP contribution is -2.22. The highest BCUT2D eigenvalue weighted by Gasteiger charge is 2.24. The van der Waals surface area contributed by atoms with E-state index in [1.165, 1.54) is 0 Å². The molecule has 5 heteroatoms. The van der Waals surface area contributed by atoms with E-state index in [9.17, 15) is 4.79 Å². The number of nitrogens with two attached hydrogens (primary N) is 1. The molecule has 1 saturated heterocycles. The number of hydrogen-bond donors (Lipinski definition) is 1. The standard InChI is InChI=1S/C17H20N4O/c1-12-5-7-19-17(20-12)21-8-6-14(11-21)9-13-3-2-4-15(10-13)16(18)22/h2-5,7,10,14H,6,8-9,11H2,1H3,(H2,18,22). The Morgan fingerprint density at radius 3 is 3.05 bits per heavy atom. The zero-order valence-corrected chi connectivity index (χ0v) is 12.7. The van der Waals surface area contributed by atoms with Gasteiger partial charge < -0.3 is 10.6 Å². The summed E-state index contributed by atoms with van der Waals surface area (Å²) in [5.41, 5.74) is 8.07. The predicted octanol–water partition coefficient (Wildman–Crippen LogP) is 1.95. The van der Waals surface area contributed by atoms with E-state index in [1.807, 2.05) is 25.1 Å². The van der Waals surface area contributed by atoms with Gasteiger partial charge in [-0.2, -0.15) is 0 Å². The topological polar surface area (TPSA) is 72.1 Å². The van der Waals surface area contributed by atoms with Gasteiger partial charge in [0.15, 0.2) is 0 Å². The Morgan fingerprint density at radius 2 is 2.27 bits per heavy atom. The first-order valence-corrected chi connectivity index (χ1v) is 7.55. The summed E-state index contributed by atoms with van der Waals surface area (Å²) in [5, 5.41) is 0. The second kappa shape index (κ2) is 6.13. The summed E-state index contributed by atoms with van der Waals surface area (Å²) in [6.45, 7) is 3.90. The Kier molecular flexibility index (Phi) is 4.04. The first kappa shape index (κ1) is 14.5. The van der Waals surface area contributed by atoms with Crippen LogP contribution >= 0.6 is 0 Å². The number of hydrogen-bond acceptors (Lipinski definition) is 4. The number of carbonyl (C=O) groups excluding carboxylic acids is 1. The van der Waals surface area contributed by atoms with Crippen LogP contribution in [0.25, 0.3) is 0 Å². The lowest BCUT2D eigenvalue weighted by Gasteiger charge is -2.16. The summed E-state index contributed by atoms with van der Waals surface area (Å²) >= 11 is 0. The largest absolute Gasteiger partial charge is 0.366 e. The minimum atomic E-state index is -0.372. The molecule has 0 saturated carbocycles. The molecule has 1 aromatic carbocycles. The number of rotatable bonds is 4. The van der Waals surface area contributed by atoms with Crippen molar-refractivity contribution in [2.75, 3.05) is 18.0 Å². The fraction of sp³-hybridized carbons (Fsp3) is 0.353. The van der Waals surface area contributed by atoms with Gasteiger partial charge in [0.05, 0.1) is 0 Å². The van der Waals surface area contributed by atoms with Crippen molar-refractivity contribution in [2.45, 2.75) is 19.8 Å². The molecule has 0 bridgehead atoms. The molecule has 5 nitrogen and oxygen atoms in total. The monoisotopic (exact) mass is 296 g/mol. The molecule has 1 aromatic heterocycles. The second-order valence-corrected chi connectivity index (χ2v) is 5.87. The molecule has 0 spiro atoms. The van der Waals surface area contributed by atoms with Crippen LogP contribution in [-0.2, 0) is 6.42 Å². The Hall–Kier alpha value is -2.43. The van der Waals surface area contributed by atoms with Crippen molar-refractivity contribution in [3.05, 3.63) is 53.3 Å². The van der Waals surface area contributed by atoms with Gasteiger partial charge in [0, 0.05) is 30.5 Å². The fourth-order valence-corrected chi connectivity index (χ4v) is 2.95. The molecule has 1 unspecified atom stereocenters. The zero-order valence-electron chi connectivity index (χ0n) is 12.7. The second-order valence-electron chi connectivity index (χ2n) is 5.87. The van der Waals surface area contributed by atoms with Crippen LogP contribution < -0.4 is 10.6 Å². The third-order valence-corrected chi connectivity index (χ3v) is 4.09. The highest BCUT2D eigenvalue weighted by atomic mass is 16.1. The number of benzene rings is 1. The summed E-state index contributed by atoms with van der Waals surface area (Å²) in [5.74, 6) is 0.990. The lowest BCUT2D eigenvalue weighted by atomic mass is 9.97. The summed E-state index contributed by atoms with van der Waals surface area (Å²) < 4.78 is 0. The van der Waals surface area contributed by atoms with Gasteiger partial charge in [-0.05, 0) is 49.4 Å². The molecule has 1 aliphatic rings. The van der Waals surface area contributed by atoms with E-state index in [0.29, 0.717) is 11.5 Å². The van der Waals surface area contributed by atoms with E-state index in [0.717, 1.165) is 43.1 Å². The van der Waals surface area contributed by atoms with Crippen LogP contribution in [0.1, 0.15) is 28.0 Å². The lowest BCUT2D eigenvalue weighted by molar-refractivity contribution is 0.1000. The number of nitrogens with zero attached hydrogens (tertiary/aromatic N) is 3. The molecule has 114 valence electrons. The third-order valence-electron chi connectivity index (χ3n) is 4.09. The van der Waals surface area contributed by atoms with Crippen LogP contribution in [0.2, 0.25) is 0 Å². The fourth-order valence-electron chi connectivity index (χ4n) is 2.95. The Morgan fingerprint density at radius 1 is 1.41 bits per heavy atom. The van der Waals surface area contributed by atoms with Gasteiger partial charge in [0.25, 0.3) is 0 Å². The van der Waals surface area contributed by atoms with Crippen LogP contribution in [0.15, 0.2) is 36.5 Å². The third kappa shape index (κ3) is 3.24. The normalized spacial score (nSPS) is 17.7. The summed E-state index contributed by atoms with van der Waals surface area (Å²) in [7, 11) is 0. The Balaban J connectivity index is 1.66. The number of aromatic nitrogens is 2. The van der Waals surface area contributed by atoms with Crippen LogP contribution in [0.4, 0.5) is 5.95 Å². The molecule has 1 aliphatic heterocycles. The van der Waals surface area contributed by atoms with Crippen molar-refractivity contribution in [1.82, 2.24) is 9.97 Å². The number of primary amides is 1. The smallest absolute Gasteiger partial charge is 0.248 e. The Labute approximate surface area is 130 Å². The van der Waals surface area contributed by atoms with Crippen LogP contribution in [0.3, 0.4) is 0 Å². The van der Waals surface area contributed by atoms with Crippen LogP contribution in [-0.4, -0.2) is 29.0 Å². The van der Waals surface area contributed by atoms with E-state index in [2.05, 4.69) is 20.9 Å². The van der Waals surface area contributed by atoms with Crippen molar-refractivity contribution >= 4 is 11.9 Å². The van der Waals surface area contributed by atoms with E-state index in [1.54, 1.807) is 12.3 Å². The molecule has 2 heterocycles. The SMILES string of the molecule is Cc1ccnc(N2CCC(Cc3cccc(C(N)=O)c3)C2)n1. The molecule has 22 heavy (non-hydrogen) atoms. The first-order valence-electron chi connectivity index (χ1n) is 7.55. The van der Waals surface area contributed by atoms with E-state index < -0.39 is 0 Å². The molecule has 3 rings (SSSR count). The van der Waals surface area contributed by atoms with Gasteiger partial charge in [0.1, 0.15) is 0 Å². The molecule has 2 N–H and O–H groups in total. The minimum Gasteiger partial charge on any atom is -0.366 e. The minimum absolute atomic E-state index is 0.372. The molecular formula is C17H20N4O. The highest BCUT2D eigenvalue weighted by molar-refractivity contribution is 5.92. The van der Waals surface area contributed by atoms with E-state index in [4.69, 9.17) is 5.73 Å². The van der Waals surface area contributed by atoms with Gasteiger partial charge in [-0.3, -0.25) is 4.79 Å². The first-order chi connectivity index (χ1) is 10.6. The van der Waals surface area contributed by atoms with Gasteiger partial charge in [-0.15, -0.1) is 0 Å². The molecule has 1 atom stereocenters. The maximum atomic E-state index is 11.3. The summed E-state index contributed by atoms with van der Waals surface area (Å²) in [4.78, 5) is 22.3. The molecule has 0 aliphatic carbocycles. The molecular weight excluding hydrogens is 276 g/mol. The molecule has 1 amide bonds. The van der Waals surface area contributed by atoms with Gasteiger partial charge in [-0.25, -0.2) is 9.97 Å². The average Bonchev–Trinajstić information content (AvgIpc) is 2.96. The Bertz CT molecular complexity index is 686. The summed E-state index contributed by atoms with van der Waals surface area (Å²) in [6, 6.07) is 9.51. The van der Waals surface area contributed by atoms with Crippen molar-refractivity contribution in [2.24, 2.45) is 11.7 Å². The zero-order chi connectivity index (χ0) is 15.5. The van der Waals surface area contributed by atoms with Crippen molar-refractivity contribution in [1.29, 1.82) is 0 Å². The maximum Gasteiger partial charge on any atom is 0.248 e. The number of anilines is 1. The van der Waals surface area contributed by atoms with E-state index >= 15 is 0 Å². The average molecular weight is 296 g/mol. The van der Waals surface area contributed by atoms with Crippen LogP contribution in [0, 0.1) is 12.8 Å². The van der Waals surface area contributed by atoms with Gasteiger partial charge in [-0.1, -0.05) is 12.1 Å². The quantitative estimate of drug-likeness (QED) is 0.936. The number of carbonyl (C=O) groups is 1. The van der Waals surface area contributed by atoms with Crippen molar-refractivity contribution in [3.63, 3.8) is 0 Å². The molecule has 2 aromatic rings. The summed E-state index contributed by atoms with van der Waals surface area (Å²) in [6.07, 6.45) is 3.86. The van der Waals surface area contributed by atoms with Crippen LogP contribution in [0.5, 0.6) is 0 Å². The van der Waals surface area contributed by atoms with Gasteiger partial charge >= 0.3 is 0 Å². The van der Waals surface area contributed by atoms with Gasteiger partial charge in [0.2, 0.25) is 11.9 Å². The highest BCUT2D eigenvalue weighted by Crippen LogP contribution is 2.24. The predicted molar refractivity (Wildman–Crippen MR) is 85.8 cm³/mol. The maximum absolute atomic E-state index is 11.3. The molecule has 0 radical (unpaired) electrons.